The summed E-state index contributed by atoms with van der Waals surface area (Å²) in [4.78, 5) is 2.28. The smallest absolute Gasteiger partial charge is 0.0435 e. The number of hydrogen-bond donors (Lipinski definition) is 0. The fourth-order valence-electron chi connectivity index (χ4n) is 2.98. The summed E-state index contributed by atoms with van der Waals surface area (Å²) in [5.41, 5.74) is 3.89. The van der Waals surface area contributed by atoms with Gasteiger partial charge in [0, 0.05) is 24.4 Å². The van der Waals surface area contributed by atoms with Gasteiger partial charge in [0.05, 0.1) is 0 Å². The maximum Gasteiger partial charge on any atom is 0.0435 e. The number of benzene rings is 1. The Morgan fingerprint density at radius 2 is 2.00 bits per heavy atom. The Bertz CT molecular complexity index is 408. The van der Waals surface area contributed by atoms with Gasteiger partial charge < -0.3 is 4.90 Å². The molecule has 0 amide bonds. The highest BCUT2D eigenvalue weighted by Crippen LogP contribution is 2.38. The van der Waals surface area contributed by atoms with Gasteiger partial charge in [0.15, 0.2) is 0 Å². The van der Waals surface area contributed by atoms with Crippen LogP contribution < -0.4 is 4.90 Å². The fourth-order valence-corrected chi connectivity index (χ4v) is 2.98. The zero-order valence-electron chi connectivity index (χ0n) is 11.2. The van der Waals surface area contributed by atoms with E-state index < -0.39 is 0 Å². The van der Waals surface area contributed by atoms with Crippen molar-refractivity contribution in [3.05, 3.63) is 42.1 Å². The van der Waals surface area contributed by atoms with Gasteiger partial charge in [-0.15, -0.1) is 0 Å². The van der Waals surface area contributed by atoms with Crippen molar-refractivity contribution in [1.82, 2.24) is 0 Å². The Labute approximate surface area is 105 Å². The van der Waals surface area contributed by atoms with Gasteiger partial charge in [-0.1, -0.05) is 44.5 Å². The minimum atomic E-state index is 0.666. The zero-order chi connectivity index (χ0) is 12.4. The highest BCUT2D eigenvalue weighted by molar-refractivity contribution is 5.56. The molecular weight excluding hydrogens is 206 g/mol. The van der Waals surface area contributed by atoms with E-state index in [1.165, 1.54) is 36.2 Å². The van der Waals surface area contributed by atoms with Gasteiger partial charge in [0.25, 0.3) is 0 Å². The van der Waals surface area contributed by atoms with Crippen LogP contribution in [-0.2, 0) is 0 Å². The molecule has 0 bridgehead atoms. The number of nitrogens with zero attached hydrogens (tertiary/aromatic N) is 1. The molecule has 0 spiro atoms. The van der Waals surface area contributed by atoms with Crippen molar-refractivity contribution >= 4 is 5.69 Å². The molecule has 1 heteroatoms. The number of para-hydroxylation sites is 1. The summed E-state index contributed by atoms with van der Waals surface area (Å²) in [6, 6.07) is 8.54. The van der Waals surface area contributed by atoms with E-state index in [1.54, 1.807) is 0 Å². The molecule has 92 valence electrons. The Kier molecular flexibility index (Phi) is 3.56. The Morgan fingerprint density at radius 1 is 1.29 bits per heavy atom. The van der Waals surface area contributed by atoms with Gasteiger partial charge in [-0.3, -0.25) is 0 Å². The van der Waals surface area contributed by atoms with E-state index >= 15 is 0 Å². The van der Waals surface area contributed by atoms with Gasteiger partial charge in [0.1, 0.15) is 0 Å². The molecule has 2 rings (SSSR count). The molecule has 1 fully saturated rings. The van der Waals surface area contributed by atoms with E-state index in [1.807, 2.05) is 0 Å². The van der Waals surface area contributed by atoms with Gasteiger partial charge in [-0.2, -0.15) is 0 Å². The molecular formula is C16H23N. The lowest BCUT2D eigenvalue weighted by atomic mass is 9.94. The topological polar surface area (TPSA) is 3.24 Å². The predicted molar refractivity (Wildman–Crippen MR) is 75.2 cm³/mol. The molecule has 0 saturated heterocycles. The van der Waals surface area contributed by atoms with Crippen molar-refractivity contribution in [3.63, 3.8) is 0 Å². The van der Waals surface area contributed by atoms with Crippen molar-refractivity contribution in [2.75, 3.05) is 11.9 Å². The van der Waals surface area contributed by atoms with Crippen LogP contribution in [0.15, 0.2) is 36.5 Å². The van der Waals surface area contributed by atoms with Crippen molar-refractivity contribution < 1.29 is 0 Å². The first-order valence-corrected chi connectivity index (χ1v) is 6.59. The molecule has 2 unspecified atom stereocenters. The maximum atomic E-state index is 4.33. The number of aryl methyl sites for hydroxylation is 1. The summed E-state index contributed by atoms with van der Waals surface area (Å²) >= 11 is 0. The molecule has 1 aromatic carbocycles. The largest absolute Gasteiger partial charge is 0.348 e. The first kappa shape index (κ1) is 12.2. The summed E-state index contributed by atoms with van der Waals surface area (Å²) in [5.74, 6) is 1.45. The van der Waals surface area contributed by atoms with E-state index in [2.05, 4.69) is 56.6 Å². The fraction of sp³-hybridized carbons (Fsp3) is 0.500. The normalized spacial score (nSPS) is 23.7. The molecule has 1 aliphatic carbocycles. The van der Waals surface area contributed by atoms with Crippen molar-refractivity contribution in [1.29, 1.82) is 0 Å². The number of hydrogen-bond acceptors (Lipinski definition) is 1. The van der Waals surface area contributed by atoms with Crippen LogP contribution in [0.3, 0.4) is 0 Å². The molecule has 1 aliphatic rings. The van der Waals surface area contributed by atoms with Crippen molar-refractivity contribution in [2.24, 2.45) is 11.8 Å². The van der Waals surface area contributed by atoms with E-state index in [-0.39, 0.29) is 0 Å². The lowest BCUT2D eigenvalue weighted by Crippen LogP contribution is -2.24. The van der Waals surface area contributed by atoms with E-state index in [9.17, 15) is 0 Å². The molecule has 1 aromatic rings. The predicted octanol–water partition coefficient (Wildman–Crippen LogP) is 4.38. The molecule has 0 aromatic heterocycles. The van der Waals surface area contributed by atoms with E-state index in [0.29, 0.717) is 5.92 Å². The zero-order valence-corrected chi connectivity index (χ0v) is 11.2. The Hall–Kier alpha value is -1.24. The van der Waals surface area contributed by atoms with Gasteiger partial charge in [0.2, 0.25) is 0 Å². The average Bonchev–Trinajstić information content (AvgIpc) is 2.74. The molecule has 1 nitrogen and oxygen atoms in total. The van der Waals surface area contributed by atoms with Crippen LogP contribution in [0.4, 0.5) is 5.69 Å². The summed E-state index contributed by atoms with van der Waals surface area (Å²) in [5, 5.41) is 0. The summed E-state index contributed by atoms with van der Waals surface area (Å²) < 4.78 is 0. The first-order valence-electron chi connectivity index (χ1n) is 6.59. The van der Waals surface area contributed by atoms with Crippen LogP contribution in [-0.4, -0.2) is 7.05 Å². The maximum absolute atomic E-state index is 4.33. The second-order valence-corrected chi connectivity index (χ2v) is 5.35. The Balaban J connectivity index is 2.17. The molecule has 0 heterocycles. The Morgan fingerprint density at radius 3 is 2.59 bits per heavy atom. The van der Waals surface area contributed by atoms with E-state index in [4.69, 9.17) is 0 Å². The average molecular weight is 229 g/mol. The van der Waals surface area contributed by atoms with Crippen LogP contribution in [0, 0.1) is 18.8 Å². The quantitative estimate of drug-likeness (QED) is 0.743. The van der Waals surface area contributed by atoms with Gasteiger partial charge in [-0.25, -0.2) is 0 Å². The van der Waals surface area contributed by atoms with Crippen molar-refractivity contribution in [3.8, 4) is 0 Å². The lowest BCUT2D eigenvalue weighted by molar-refractivity contribution is 0.473. The summed E-state index contributed by atoms with van der Waals surface area (Å²) in [6.07, 6.45) is 4.01. The molecule has 0 radical (unpaired) electrons. The van der Waals surface area contributed by atoms with Crippen molar-refractivity contribution in [2.45, 2.75) is 33.1 Å². The van der Waals surface area contributed by atoms with E-state index in [0.717, 1.165) is 5.92 Å². The third-order valence-corrected chi connectivity index (χ3v) is 4.20. The second-order valence-electron chi connectivity index (χ2n) is 5.35. The highest BCUT2D eigenvalue weighted by Gasteiger charge is 2.27. The summed E-state index contributed by atoms with van der Waals surface area (Å²) in [7, 11) is 2.15. The molecule has 17 heavy (non-hydrogen) atoms. The minimum Gasteiger partial charge on any atom is -0.348 e. The molecule has 1 saturated carbocycles. The third kappa shape index (κ3) is 2.38. The number of anilines is 1. The van der Waals surface area contributed by atoms with Crippen LogP contribution >= 0.6 is 0 Å². The third-order valence-electron chi connectivity index (χ3n) is 4.20. The number of rotatable bonds is 3. The molecule has 2 atom stereocenters. The summed E-state index contributed by atoms with van der Waals surface area (Å²) in [6.45, 7) is 8.85. The molecule has 0 N–H and O–H groups in total. The van der Waals surface area contributed by atoms with Crippen LogP contribution in [0.1, 0.15) is 31.7 Å². The number of allylic oxidation sites excluding steroid dienone is 1. The standard InChI is InChI=1S/C16H23N/c1-12-9-7-10-15(12)14(3)17(4)16-11-6-5-8-13(16)2/h5-6,8,11-12,15H,3,7,9-10H2,1-2,4H3. The van der Waals surface area contributed by atoms with Crippen LogP contribution in [0.25, 0.3) is 0 Å². The second kappa shape index (κ2) is 4.95. The minimum absolute atomic E-state index is 0.666. The monoisotopic (exact) mass is 229 g/mol. The lowest BCUT2D eigenvalue weighted by Gasteiger charge is -2.29. The highest BCUT2D eigenvalue weighted by atomic mass is 15.1. The first-order chi connectivity index (χ1) is 8.11. The van der Waals surface area contributed by atoms with Crippen LogP contribution in [0.5, 0.6) is 0 Å². The van der Waals surface area contributed by atoms with Gasteiger partial charge >= 0.3 is 0 Å². The molecule has 0 aliphatic heterocycles. The van der Waals surface area contributed by atoms with Crippen LogP contribution in [0.2, 0.25) is 0 Å². The van der Waals surface area contributed by atoms with Gasteiger partial charge in [-0.05, 0) is 30.9 Å². The SMILES string of the molecule is C=C(C1CCCC1C)N(C)c1ccccc1C.